The number of halogens is 1. The van der Waals surface area contributed by atoms with E-state index in [1.807, 2.05) is 36.4 Å². The molecule has 0 amide bonds. The van der Waals surface area contributed by atoms with E-state index in [0.29, 0.717) is 12.3 Å². The Balaban J connectivity index is 2.04. The Morgan fingerprint density at radius 3 is 2.48 bits per heavy atom. The fraction of sp³-hybridized carbons (Fsp3) is 0.167. The zero-order valence-electron chi connectivity index (χ0n) is 12.9. The summed E-state index contributed by atoms with van der Waals surface area (Å²) < 4.78 is 11.2. The maximum Gasteiger partial charge on any atom is 0.355 e. The molecule has 3 aromatic rings. The first-order valence-corrected chi connectivity index (χ1v) is 8.34. The van der Waals surface area contributed by atoms with E-state index in [1.54, 1.807) is 14.0 Å². The van der Waals surface area contributed by atoms with Crippen molar-refractivity contribution in [1.29, 1.82) is 0 Å². The number of esters is 1. The monoisotopic (exact) mass is 421 g/mol. The maximum atomic E-state index is 12.0. The Bertz CT molecular complexity index is 853. The molecule has 0 saturated carbocycles. The molecule has 0 aliphatic rings. The second-order valence-electron chi connectivity index (χ2n) is 5.02. The number of H-pyrrole nitrogens is 1. The molecule has 5 heteroatoms. The summed E-state index contributed by atoms with van der Waals surface area (Å²) in [5, 5.41) is 1.02. The van der Waals surface area contributed by atoms with Crippen LogP contribution in [-0.4, -0.2) is 24.7 Å². The Kier molecular flexibility index (Phi) is 4.56. The predicted molar refractivity (Wildman–Crippen MR) is 99.0 cm³/mol. The molecule has 0 aliphatic carbocycles. The van der Waals surface area contributed by atoms with Crippen molar-refractivity contribution in [1.82, 2.24) is 4.98 Å². The molecular formula is C18H16INO3. The van der Waals surface area contributed by atoms with Gasteiger partial charge in [0.05, 0.1) is 17.3 Å². The number of carbonyl (C=O) groups is 1. The standard InChI is InChI=1S/C18H16INO3/c1-3-23-18(21)17-16(19)14-10-12(6-9-15(14)20-17)11-4-7-13(22-2)8-5-11/h4-10,20H,3H2,1-2H3. The summed E-state index contributed by atoms with van der Waals surface area (Å²) in [4.78, 5) is 15.1. The molecule has 0 spiro atoms. The molecule has 1 aromatic heterocycles. The van der Waals surface area contributed by atoms with E-state index in [-0.39, 0.29) is 5.97 Å². The molecule has 0 atom stereocenters. The molecule has 1 N–H and O–H groups in total. The van der Waals surface area contributed by atoms with Gasteiger partial charge in [-0.25, -0.2) is 4.79 Å². The van der Waals surface area contributed by atoms with Gasteiger partial charge in [0.25, 0.3) is 0 Å². The molecule has 0 radical (unpaired) electrons. The quantitative estimate of drug-likeness (QED) is 0.494. The number of carbonyl (C=O) groups excluding carboxylic acids is 1. The maximum absolute atomic E-state index is 12.0. The van der Waals surface area contributed by atoms with Gasteiger partial charge in [-0.2, -0.15) is 0 Å². The minimum Gasteiger partial charge on any atom is -0.497 e. The smallest absolute Gasteiger partial charge is 0.355 e. The number of aromatic amines is 1. The van der Waals surface area contributed by atoms with E-state index in [0.717, 1.165) is 31.3 Å². The summed E-state index contributed by atoms with van der Waals surface area (Å²) in [7, 11) is 1.65. The van der Waals surface area contributed by atoms with Crippen molar-refractivity contribution in [2.24, 2.45) is 0 Å². The highest BCUT2D eigenvalue weighted by atomic mass is 127. The number of ether oxygens (including phenoxy) is 2. The van der Waals surface area contributed by atoms with Crippen LogP contribution in [0.1, 0.15) is 17.4 Å². The van der Waals surface area contributed by atoms with Crippen LogP contribution in [0.2, 0.25) is 0 Å². The third-order valence-electron chi connectivity index (χ3n) is 3.64. The summed E-state index contributed by atoms with van der Waals surface area (Å²) in [6.07, 6.45) is 0. The van der Waals surface area contributed by atoms with Gasteiger partial charge in [0.2, 0.25) is 0 Å². The second-order valence-corrected chi connectivity index (χ2v) is 6.10. The van der Waals surface area contributed by atoms with Crippen LogP contribution < -0.4 is 4.74 Å². The van der Waals surface area contributed by atoms with Crippen molar-refractivity contribution in [3.63, 3.8) is 0 Å². The fourth-order valence-electron chi connectivity index (χ4n) is 2.47. The van der Waals surface area contributed by atoms with Crippen LogP contribution in [-0.2, 0) is 4.74 Å². The Morgan fingerprint density at radius 2 is 1.83 bits per heavy atom. The van der Waals surface area contributed by atoms with Crippen LogP contribution in [0.5, 0.6) is 5.75 Å². The highest BCUT2D eigenvalue weighted by molar-refractivity contribution is 14.1. The van der Waals surface area contributed by atoms with Crippen molar-refractivity contribution in [3.05, 3.63) is 51.7 Å². The topological polar surface area (TPSA) is 51.3 Å². The average molecular weight is 421 g/mol. The Morgan fingerprint density at radius 1 is 1.13 bits per heavy atom. The fourth-order valence-corrected chi connectivity index (χ4v) is 3.27. The van der Waals surface area contributed by atoms with E-state index in [9.17, 15) is 4.79 Å². The van der Waals surface area contributed by atoms with Crippen LogP contribution in [0, 0.1) is 3.57 Å². The summed E-state index contributed by atoms with van der Waals surface area (Å²) >= 11 is 2.18. The molecule has 0 aliphatic heterocycles. The molecule has 4 nitrogen and oxygen atoms in total. The van der Waals surface area contributed by atoms with Gasteiger partial charge in [0.15, 0.2) is 0 Å². The minimum atomic E-state index is -0.320. The van der Waals surface area contributed by atoms with E-state index in [2.05, 4.69) is 33.6 Å². The van der Waals surface area contributed by atoms with E-state index in [4.69, 9.17) is 9.47 Å². The van der Waals surface area contributed by atoms with Crippen molar-refractivity contribution in [2.75, 3.05) is 13.7 Å². The lowest BCUT2D eigenvalue weighted by Crippen LogP contribution is -2.06. The van der Waals surface area contributed by atoms with E-state index >= 15 is 0 Å². The summed E-state index contributed by atoms with van der Waals surface area (Å²) in [5.74, 6) is 0.509. The SMILES string of the molecule is CCOC(=O)c1[nH]c2ccc(-c3ccc(OC)cc3)cc2c1I. The van der Waals surface area contributed by atoms with Crippen LogP contribution in [0.15, 0.2) is 42.5 Å². The third kappa shape index (κ3) is 3.06. The molecule has 3 rings (SSSR count). The lowest BCUT2D eigenvalue weighted by atomic mass is 10.0. The van der Waals surface area contributed by atoms with Gasteiger partial charge in [-0.15, -0.1) is 0 Å². The Hall–Kier alpha value is -2.02. The lowest BCUT2D eigenvalue weighted by molar-refractivity contribution is 0.0519. The number of benzene rings is 2. The first-order chi connectivity index (χ1) is 11.1. The molecule has 0 saturated heterocycles. The lowest BCUT2D eigenvalue weighted by Gasteiger charge is -2.04. The van der Waals surface area contributed by atoms with Crippen molar-refractivity contribution < 1.29 is 14.3 Å². The van der Waals surface area contributed by atoms with Crippen LogP contribution in [0.3, 0.4) is 0 Å². The van der Waals surface area contributed by atoms with Crippen LogP contribution in [0.25, 0.3) is 22.0 Å². The van der Waals surface area contributed by atoms with Crippen molar-refractivity contribution >= 4 is 39.5 Å². The first kappa shape index (κ1) is 15.9. The molecule has 0 fully saturated rings. The number of rotatable bonds is 4. The van der Waals surface area contributed by atoms with Crippen molar-refractivity contribution in [2.45, 2.75) is 6.92 Å². The molecule has 118 valence electrons. The van der Waals surface area contributed by atoms with Gasteiger partial charge in [0.1, 0.15) is 11.4 Å². The third-order valence-corrected chi connectivity index (χ3v) is 4.76. The van der Waals surface area contributed by atoms with Gasteiger partial charge in [-0.1, -0.05) is 18.2 Å². The number of hydrogen-bond donors (Lipinski definition) is 1. The van der Waals surface area contributed by atoms with Gasteiger partial charge >= 0.3 is 5.97 Å². The van der Waals surface area contributed by atoms with Crippen LogP contribution >= 0.6 is 22.6 Å². The average Bonchev–Trinajstić information content (AvgIpc) is 2.92. The number of hydrogen-bond acceptors (Lipinski definition) is 3. The number of nitrogens with one attached hydrogen (secondary N) is 1. The summed E-state index contributed by atoms with van der Waals surface area (Å²) in [5.41, 5.74) is 3.62. The molecule has 2 aromatic carbocycles. The number of methoxy groups -OCH3 is 1. The number of aromatic nitrogens is 1. The molecule has 0 unspecified atom stereocenters. The molecular weight excluding hydrogens is 405 g/mol. The zero-order valence-corrected chi connectivity index (χ0v) is 15.0. The van der Waals surface area contributed by atoms with Gasteiger partial charge in [-0.3, -0.25) is 0 Å². The molecule has 1 heterocycles. The van der Waals surface area contributed by atoms with E-state index < -0.39 is 0 Å². The number of fused-ring (bicyclic) bond motifs is 1. The molecule has 23 heavy (non-hydrogen) atoms. The normalized spacial score (nSPS) is 10.7. The van der Waals surface area contributed by atoms with Gasteiger partial charge in [-0.05, 0) is 64.9 Å². The summed E-state index contributed by atoms with van der Waals surface area (Å²) in [6, 6.07) is 14.0. The highest BCUT2D eigenvalue weighted by Crippen LogP contribution is 2.30. The van der Waals surface area contributed by atoms with E-state index in [1.165, 1.54) is 0 Å². The van der Waals surface area contributed by atoms with Crippen molar-refractivity contribution in [3.8, 4) is 16.9 Å². The molecule has 0 bridgehead atoms. The predicted octanol–water partition coefficient (Wildman–Crippen LogP) is 4.62. The zero-order chi connectivity index (χ0) is 16.4. The summed E-state index contributed by atoms with van der Waals surface area (Å²) in [6.45, 7) is 2.16. The second kappa shape index (κ2) is 6.62. The largest absolute Gasteiger partial charge is 0.497 e. The highest BCUT2D eigenvalue weighted by Gasteiger charge is 2.17. The van der Waals surface area contributed by atoms with Crippen LogP contribution in [0.4, 0.5) is 0 Å². The first-order valence-electron chi connectivity index (χ1n) is 7.26. The minimum absolute atomic E-state index is 0.320. The van der Waals surface area contributed by atoms with Gasteiger partial charge < -0.3 is 14.5 Å². The Labute approximate surface area is 147 Å². The van der Waals surface area contributed by atoms with Gasteiger partial charge in [0, 0.05) is 10.9 Å².